The van der Waals surface area contributed by atoms with Crippen LogP contribution < -0.4 is 10.6 Å². The highest BCUT2D eigenvalue weighted by Crippen LogP contribution is 2.10. The van der Waals surface area contributed by atoms with Gasteiger partial charge >= 0.3 is 6.03 Å². The van der Waals surface area contributed by atoms with Crippen LogP contribution in [-0.4, -0.2) is 47.5 Å². The molecule has 2 rings (SSSR count). The maximum absolute atomic E-state index is 12.1. The quantitative estimate of drug-likeness (QED) is 0.735. The lowest BCUT2D eigenvalue weighted by Crippen LogP contribution is -2.42. The minimum Gasteiger partial charge on any atom is -0.352 e. The maximum Gasteiger partial charge on any atom is 0.317 e. The second kappa shape index (κ2) is 6.51. The largest absolute Gasteiger partial charge is 0.352 e. The SMILES string of the molecule is CCNC(=O)N1CC[C@@H](NC(=O)c2ccc[nH]c2=S)C1. The Bertz CT molecular complexity index is 557. The second-order valence-corrected chi connectivity index (χ2v) is 5.06. The van der Waals surface area contributed by atoms with Crippen LogP contribution in [-0.2, 0) is 0 Å². The number of hydrogen-bond donors (Lipinski definition) is 3. The minimum atomic E-state index is -0.199. The number of amides is 3. The zero-order valence-electron chi connectivity index (χ0n) is 11.3. The minimum absolute atomic E-state index is 0.0280. The van der Waals surface area contributed by atoms with Crippen molar-refractivity contribution in [2.75, 3.05) is 19.6 Å². The van der Waals surface area contributed by atoms with Crippen LogP contribution in [0.1, 0.15) is 23.7 Å². The van der Waals surface area contributed by atoms with Crippen molar-refractivity contribution in [3.05, 3.63) is 28.5 Å². The normalized spacial score (nSPS) is 17.9. The summed E-state index contributed by atoms with van der Waals surface area (Å²) in [6.45, 7) is 3.66. The summed E-state index contributed by atoms with van der Waals surface area (Å²) in [4.78, 5) is 28.3. The second-order valence-electron chi connectivity index (χ2n) is 4.65. The number of nitrogens with one attached hydrogen (secondary N) is 3. The molecule has 20 heavy (non-hydrogen) atoms. The van der Waals surface area contributed by atoms with Gasteiger partial charge in [0.05, 0.1) is 5.56 Å². The Kier molecular flexibility index (Phi) is 4.73. The number of carbonyl (C=O) groups is 2. The average molecular weight is 294 g/mol. The number of aromatic nitrogens is 1. The molecule has 7 heteroatoms. The van der Waals surface area contributed by atoms with E-state index in [9.17, 15) is 9.59 Å². The summed E-state index contributed by atoms with van der Waals surface area (Å²) < 4.78 is 0.420. The summed E-state index contributed by atoms with van der Waals surface area (Å²) in [5.74, 6) is -0.199. The highest BCUT2D eigenvalue weighted by Gasteiger charge is 2.27. The van der Waals surface area contributed by atoms with Crippen molar-refractivity contribution in [3.8, 4) is 0 Å². The molecule has 3 amide bonds. The Hall–Kier alpha value is -1.89. The first-order valence-corrected chi connectivity index (χ1v) is 7.04. The Balaban J connectivity index is 1.92. The van der Waals surface area contributed by atoms with Crippen LogP contribution >= 0.6 is 12.2 Å². The van der Waals surface area contributed by atoms with Crippen molar-refractivity contribution < 1.29 is 9.59 Å². The predicted molar refractivity (Wildman–Crippen MR) is 78.1 cm³/mol. The van der Waals surface area contributed by atoms with Gasteiger partial charge in [-0.05, 0) is 25.5 Å². The van der Waals surface area contributed by atoms with Gasteiger partial charge in [-0.3, -0.25) is 4.79 Å². The third-order valence-corrected chi connectivity index (χ3v) is 3.54. The van der Waals surface area contributed by atoms with E-state index < -0.39 is 0 Å². The molecule has 1 aliphatic rings. The topological polar surface area (TPSA) is 77.2 Å². The maximum atomic E-state index is 12.1. The number of urea groups is 1. The third kappa shape index (κ3) is 3.36. The molecule has 0 bridgehead atoms. The summed E-state index contributed by atoms with van der Waals surface area (Å²) in [5.41, 5.74) is 0.457. The average Bonchev–Trinajstić information content (AvgIpc) is 2.88. The number of rotatable bonds is 3. The number of nitrogens with zero attached hydrogens (tertiary/aromatic N) is 1. The first-order valence-electron chi connectivity index (χ1n) is 6.63. The number of H-pyrrole nitrogens is 1. The summed E-state index contributed by atoms with van der Waals surface area (Å²) in [6, 6.07) is 3.31. The van der Waals surface area contributed by atoms with E-state index in [1.165, 1.54) is 0 Å². The molecular formula is C13H18N4O2S. The van der Waals surface area contributed by atoms with Crippen LogP contribution in [0.2, 0.25) is 0 Å². The lowest BCUT2D eigenvalue weighted by atomic mass is 10.2. The molecule has 3 N–H and O–H groups in total. The van der Waals surface area contributed by atoms with Crippen LogP contribution in [0.25, 0.3) is 0 Å². The van der Waals surface area contributed by atoms with Gasteiger partial charge in [0.25, 0.3) is 5.91 Å². The Morgan fingerprint density at radius 2 is 2.35 bits per heavy atom. The Morgan fingerprint density at radius 3 is 3.05 bits per heavy atom. The molecular weight excluding hydrogens is 276 g/mol. The standard InChI is InChI=1S/C13H18N4O2S/c1-2-14-13(19)17-7-5-9(8-17)16-11(18)10-4-3-6-15-12(10)20/h3-4,6,9H,2,5,7-8H2,1H3,(H,14,19)(H,15,20)(H,16,18)/t9-/m1/s1. The van der Waals surface area contributed by atoms with E-state index in [1.54, 1.807) is 23.2 Å². The monoisotopic (exact) mass is 294 g/mol. The Labute approximate surface area is 122 Å². The fourth-order valence-corrected chi connectivity index (χ4v) is 2.42. The summed E-state index contributed by atoms with van der Waals surface area (Å²) in [5, 5.41) is 5.67. The molecule has 0 aromatic carbocycles. The van der Waals surface area contributed by atoms with E-state index in [2.05, 4.69) is 15.6 Å². The van der Waals surface area contributed by atoms with Crippen molar-refractivity contribution in [2.45, 2.75) is 19.4 Å². The lowest BCUT2D eigenvalue weighted by molar-refractivity contribution is 0.0937. The predicted octanol–water partition coefficient (Wildman–Crippen LogP) is 1.28. The molecule has 0 saturated carbocycles. The van der Waals surface area contributed by atoms with Gasteiger partial charge in [-0.1, -0.05) is 12.2 Å². The van der Waals surface area contributed by atoms with Crippen LogP contribution in [0.3, 0.4) is 0 Å². The lowest BCUT2D eigenvalue weighted by Gasteiger charge is -2.17. The molecule has 0 spiro atoms. The highest BCUT2D eigenvalue weighted by atomic mass is 32.1. The molecule has 1 atom stereocenters. The van der Waals surface area contributed by atoms with Crippen LogP contribution in [0.15, 0.2) is 18.3 Å². The smallest absolute Gasteiger partial charge is 0.317 e. The number of likely N-dealkylation sites (tertiary alicyclic amines) is 1. The van der Waals surface area contributed by atoms with E-state index in [-0.39, 0.29) is 18.0 Å². The molecule has 1 saturated heterocycles. The fourth-order valence-electron chi connectivity index (χ4n) is 2.19. The van der Waals surface area contributed by atoms with Gasteiger partial charge in [0.15, 0.2) is 0 Å². The summed E-state index contributed by atoms with van der Waals surface area (Å²) in [7, 11) is 0. The summed E-state index contributed by atoms with van der Waals surface area (Å²) in [6.07, 6.45) is 2.44. The van der Waals surface area contributed by atoms with Crippen molar-refractivity contribution >= 4 is 24.2 Å². The molecule has 0 radical (unpaired) electrons. The molecule has 1 fully saturated rings. The van der Waals surface area contributed by atoms with Crippen LogP contribution in [0.4, 0.5) is 4.79 Å². The van der Waals surface area contributed by atoms with Crippen molar-refractivity contribution in [1.82, 2.24) is 20.5 Å². The van der Waals surface area contributed by atoms with E-state index >= 15 is 0 Å². The molecule has 108 valence electrons. The summed E-state index contributed by atoms with van der Waals surface area (Å²) >= 11 is 5.08. The van der Waals surface area contributed by atoms with Gasteiger partial charge in [-0.2, -0.15) is 0 Å². The molecule has 6 nitrogen and oxygen atoms in total. The van der Waals surface area contributed by atoms with E-state index in [0.29, 0.717) is 29.8 Å². The molecule has 1 aliphatic heterocycles. The highest BCUT2D eigenvalue weighted by molar-refractivity contribution is 7.71. The van der Waals surface area contributed by atoms with Gasteiger partial charge in [-0.15, -0.1) is 0 Å². The molecule has 0 aliphatic carbocycles. The van der Waals surface area contributed by atoms with E-state index in [4.69, 9.17) is 12.2 Å². The molecule has 2 heterocycles. The van der Waals surface area contributed by atoms with Crippen molar-refractivity contribution in [1.29, 1.82) is 0 Å². The first kappa shape index (κ1) is 14.5. The fraction of sp³-hybridized carbons (Fsp3) is 0.462. The zero-order chi connectivity index (χ0) is 14.5. The zero-order valence-corrected chi connectivity index (χ0v) is 12.1. The van der Waals surface area contributed by atoms with Gasteiger partial charge in [0.2, 0.25) is 0 Å². The third-order valence-electron chi connectivity index (χ3n) is 3.20. The van der Waals surface area contributed by atoms with Crippen molar-refractivity contribution in [2.24, 2.45) is 0 Å². The van der Waals surface area contributed by atoms with Crippen LogP contribution in [0.5, 0.6) is 0 Å². The van der Waals surface area contributed by atoms with Gasteiger partial charge < -0.3 is 20.5 Å². The van der Waals surface area contributed by atoms with Gasteiger partial charge in [0.1, 0.15) is 4.64 Å². The Morgan fingerprint density at radius 1 is 1.55 bits per heavy atom. The number of hydrogen-bond acceptors (Lipinski definition) is 3. The molecule has 1 aromatic heterocycles. The number of carbonyl (C=O) groups excluding carboxylic acids is 2. The molecule has 0 unspecified atom stereocenters. The first-order chi connectivity index (χ1) is 9.61. The number of aromatic amines is 1. The molecule has 1 aromatic rings. The number of pyridine rings is 1. The van der Waals surface area contributed by atoms with Gasteiger partial charge in [0, 0.05) is 31.9 Å². The van der Waals surface area contributed by atoms with Crippen molar-refractivity contribution in [3.63, 3.8) is 0 Å². The van der Waals surface area contributed by atoms with Gasteiger partial charge in [-0.25, -0.2) is 4.79 Å². The van der Waals surface area contributed by atoms with E-state index in [1.807, 2.05) is 6.92 Å². The van der Waals surface area contributed by atoms with Crippen LogP contribution in [0, 0.1) is 4.64 Å². The van der Waals surface area contributed by atoms with E-state index in [0.717, 1.165) is 6.42 Å².